The third kappa shape index (κ3) is 44.9. The summed E-state index contributed by atoms with van der Waals surface area (Å²) in [6, 6.07) is 2.42. The van der Waals surface area contributed by atoms with Crippen LogP contribution in [0.2, 0.25) is 0 Å². The molecule has 0 spiro atoms. The van der Waals surface area contributed by atoms with Crippen LogP contribution in [-0.4, -0.2) is 289 Å². The topological polar surface area (TPSA) is 896 Å². The van der Waals surface area contributed by atoms with E-state index in [9.17, 15) is 53.4 Å². The fourth-order valence-corrected chi connectivity index (χ4v) is 15.8. The van der Waals surface area contributed by atoms with Gasteiger partial charge in [-0.2, -0.15) is 25.3 Å². The van der Waals surface area contributed by atoms with Gasteiger partial charge in [0.1, 0.15) is 90.0 Å². The Morgan fingerprint density at radius 3 is 1.00 bits per heavy atom. The molecule has 5 rings (SSSR count). The van der Waals surface area contributed by atoms with E-state index in [0.29, 0.717) is 36.0 Å². The lowest BCUT2D eigenvalue weighted by Gasteiger charge is -2.31. The lowest BCUT2D eigenvalue weighted by molar-refractivity contribution is -0.142. The first-order chi connectivity index (χ1) is 68.1. The molecule has 45 N–H and O–H groups in total. The standard InChI is InChI=1S/C90H144N34O17S2/c91-35-5-3-17-59(114-73(129)61(21-10-40-109-88(101)102)116-78(134)65(45-50-26-31-55(125)32-27-50)120-82(138)69(49-143)123-80(136)67(47-52-25-30-53-14-1-2-15-54(53)44-52)119-76(132)60(20-9-39-108-87(99)100)113-72(128)57(93)16-7-37-106-85(95)96)75(131)118-64(18-4-6-36-92)84(140)124-43-13-24-70(124)83(139)121-66(46-51-28-33-56(126)34-29-51)79(135)117-62(22-11-41-110-89(103)104)74(130)115-63(23-12-42-111-90(105)141)77(133)122-68(48-142)81(137)112-58(71(94)127)19-8-38-107-86(97)98/h1-2,14-15,25-34,44,57-70,125-126,142-143H,3-13,16-24,35-43,45-49,91-93H2,(H2,94,127)(H,112,137)(H,113,128)(H,114,129)(H,115,130)(H,116,134)(H,117,135)(H,118,131)(H,119,132)(H,120,138)(H,121,139)(H,122,133)(H,123,136)(H4,95,96,106)(H4,97,98,107)(H4,99,100,108)(H4,101,102,109)(H4,103,104,110)(H3,105,111,141)/t57-,58-,59-,60-,61-,62-,63-,64+,65-,66-,67-,68-,69-,70-/m0/s1. The van der Waals surface area contributed by atoms with E-state index >= 15 is 28.8 Å². The van der Waals surface area contributed by atoms with Crippen molar-refractivity contribution in [2.75, 3.05) is 70.4 Å². The Bertz CT molecular complexity index is 4940. The molecule has 0 radical (unpaired) electrons. The maximum atomic E-state index is 15.4. The van der Waals surface area contributed by atoms with Crippen LogP contribution in [-0.2, 0) is 86.4 Å². The number of primary amides is 2. The van der Waals surface area contributed by atoms with E-state index in [0.717, 1.165) is 10.8 Å². The van der Waals surface area contributed by atoms with Gasteiger partial charge in [0.15, 0.2) is 29.8 Å². The van der Waals surface area contributed by atoms with Crippen molar-refractivity contribution in [3.63, 3.8) is 0 Å². The van der Waals surface area contributed by atoms with Gasteiger partial charge in [0.2, 0.25) is 82.7 Å². The molecule has 16 amide bonds. The van der Waals surface area contributed by atoms with Crippen LogP contribution in [0.3, 0.4) is 0 Å². The molecule has 1 aliphatic heterocycles. The summed E-state index contributed by atoms with van der Waals surface area (Å²) >= 11 is 8.72. The number of urea groups is 1. The SMILES string of the molecule is N=C(N)NCCC[C@H](NC(=O)[C@H](CS)NC(=O)[C@H](CCCNC(N)=O)NC(=O)[C@H](CCCNC(=N)N)NC(=O)[C@H](Cc1ccc(O)cc1)NC(=O)[C@@H]1CCCN1C(=O)[C@@H](CCCCN)NC(=O)[C@H](CCCCN)NC(=O)[C@H](CCCNC(=N)N)NC(=O)[C@H](Cc1ccc(O)cc1)NC(=O)[C@H](CS)NC(=O)[C@H](Cc1ccc2ccccc2c1)NC(=O)[C@H](CCCNC(=N)N)NC(=O)[C@@H](N)CCCNC(=N)N)C(N)=O. The highest BCUT2D eigenvalue weighted by Gasteiger charge is 2.42. The number of phenolic OH excluding ortho intramolecular Hbond substituents is 2. The second-order valence-corrected chi connectivity index (χ2v) is 35.1. The van der Waals surface area contributed by atoms with Crippen molar-refractivity contribution < 1.29 is 82.1 Å². The summed E-state index contributed by atoms with van der Waals surface area (Å²) in [4.78, 5) is 218. The fraction of sp³-hybridized carbons (Fsp3) is 0.533. The number of fused-ring (bicyclic) bond motifs is 1. The predicted molar refractivity (Wildman–Crippen MR) is 542 cm³/mol. The zero-order chi connectivity index (χ0) is 106. The number of nitrogens with one attached hydrogen (secondary N) is 23. The number of guanidine groups is 5. The molecule has 1 aliphatic rings. The van der Waals surface area contributed by atoms with Gasteiger partial charge in [0.05, 0.1) is 6.04 Å². The second kappa shape index (κ2) is 64.1. The van der Waals surface area contributed by atoms with Crippen molar-refractivity contribution >= 4 is 155 Å². The zero-order valence-corrected chi connectivity index (χ0v) is 81.7. The molecule has 1 saturated heterocycles. The van der Waals surface area contributed by atoms with Crippen LogP contribution >= 0.6 is 25.3 Å². The van der Waals surface area contributed by atoms with Gasteiger partial charge in [-0.25, -0.2) is 4.79 Å². The first-order valence-electron chi connectivity index (χ1n) is 47.2. The van der Waals surface area contributed by atoms with E-state index in [2.05, 4.69) is 121 Å². The minimum atomic E-state index is -1.63. The van der Waals surface area contributed by atoms with Crippen molar-refractivity contribution in [1.82, 2.24) is 101 Å². The molecule has 0 aliphatic carbocycles. The summed E-state index contributed by atoms with van der Waals surface area (Å²) < 4.78 is 0. The number of unbranched alkanes of at least 4 members (excludes halogenated alkanes) is 2. The average Bonchev–Trinajstić information content (AvgIpc) is 1.45. The second-order valence-electron chi connectivity index (χ2n) is 34.3. The highest BCUT2D eigenvalue weighted by atomic mass is 32.1. The number of rotatable bonds is 66. The zero-order valence-electron chi connectivity index (χ0n) is 79.9. The molecule has 51 nitrogen and oxygen atoms in total. The van der Waals surface area contributed by atoms with Gasteiger partial charge in [-0.3, -0.25) is 94.2 Å². The van der Waals surface area contributed by atoms with Crippen molar-refractivity contribution in [2.24, 2.45) is 57.3 Å². The van der Waals surface area contributed by atoms with E-state index in [1.54, 1.807) is 12.1 Å². The molecule has 143 heavy (non-hydrogen) atoms. The van der Waals surface area contributed by atoms with Crippen molar-refractivity contribution in [3.05, 3.63) is 108 Å². The number of likely N-dealkylation sites (tertiary alicyclic amines) is 1. The van der Waals surface area contributed by atoms with Gasteiger partial charge < -0.3 is 168 Å². The van der Waals surface area contributed by atoms with E-state index < -0.39 is 191 Å². The number of hydrogen-bond acceptors (Lipinski definition) is 27. The molecule has 1 heterocycles. The molecular formula is C90H144N34O17S2. The third-order valence-electron chi connectivity index (χ3n) is 23.0. The van der Waals surface area contributed by atoms with Gasteiger partial charge in [0.25, 0.3) is 0 Å². The number of nitrogens with two attached hydrogens (primary N) is 10. The Hall–Kier alpha value is -14.5. The maximum Gasteiger partial charge on any atom is 0.312 e. The van der Waals surface area contributed by atoms with Crippen LogP contribution < -0.4 is 153 Å². The van der Waals surface area contributed by atoms with E-state index in [-0.39, 0.29) is 222 Å². The first kappa shape index (κ1) is 119. The molecule has 0 bridgehead atoms. The molecule has 0 saturated carbocycles. The molecular weight excluding hydrogens is 1890 g/mol. The minimum absolute atomic E-state index is 0.00650. The number of phenols is 2. The largest absolute Gasteiger partial charge is 0.508 e. The van der Waals surface area contributed by atoms with Crippen LogP contribution in [0.5, 0.6) is 11.5 Å². The van der Waals surface area contributed by atoms with Gasteiger partial charge in [-0.15, -0.1) is 0 Å². The van der Waals surface area contributed by atoms with E-state index in [1.165, 1.54) is 53.4 Å². The number of hydrogen-bond donors (Lipinski definition) is 37. The summed E-state index contributed by atoms with van der Waals surface area (Å²) in [6.07, 6.45) is 0.358. The number of nitrogens with zero attached hydrogens (tertiary/aromatic N) is 1. The highest BCUT2D eigenvalue weighted by molar-refractivity contribution is 7.80. The minimum Gasteiger partial charge on any atom is -0.508 e. The lowest BCUT2D eigenvalue weighted by Crippen LogP contribution is -2.61. The summed E-state index contributed by atoms with van der Waals surface area (Å²) in [7, 11) is 0. The molecule has 1 fully saturated rings. The molecule has 4 aromatic rings. The van der Waals surface area contributed by atoms with Crippen molar-refractivity contribution in [3.8, 4) is 11.5 Å². The molecule has 0 aromatic heterocycles. The Labute approximate surface area is 839 Å². The Morgan fingerprint density at radius 1 is 0.336 bits per heavy atom. The third-order valence-corrected chi connectivity index (χ3v) is 23.7. The van der Waals surface area contributed by atoms with Crippen LogP contribution in [0.15, 0.2) is 91.0 Å². The van der Waals surface area contributed by atoms with E-state index in [4.69, 9.17) is 84.4 Å². The van der Waals surface area contributed by atoms with Crippen LogP contribution in [0.25, 0.3) is 10.8 Å². The number of amides is 16. The van der Waals surface area contributed by atoms with Gasteiger partial charge >= 0.3 is 6.03 Å². The highest BCUT2D eigenvalue weighted by Crippen LogP contribution is 2.24. The fourth-order valence-electron chi connectivity index (χ4n) is 15.3. The molecule has 53 heteroatoms. The Morgan fingerprint density at radius 2 is 0.629 bits per heavy atom. The number of carbonyl (C=O) groups excluding carboxylic acids is 15. The number of benzene rings is 4. The quantitative estimate of drug-likeness (QED) is 0.00845. The van der Waals surface area contributed by atoms with Crippen molar-refractivity contribution in [2.45, 2.75) is 232 Å². The molecule has 788 valence electrons. The lowest BCUT2D eigenvalue weighted by atomic mass is 10.00. The molecule has 4 aromatic carbocycles. The predicted octanol–water partition coefficient (Wildman–Crippen LogP) is -7.22. The molecule has 14 atom stereocenters. The summed E-state index contributed by atoms with van der Waals surface area (Å²) in [5, 5.41) is 108. The Balaban J connectivity index is 1.47. The van der Waals surface area contributed by atoms with Crippen LogP contribution in [0.1, 0.15) is 145 Å². The monoisotopic (exact) mass is 2040 g/mol. The normalized spacial score (nSPS) is 14.8. The number of thiol groups is 2. The summed E-state index contributed by atoms with van der Waals surface area (Å²) in [6.45, 7) is 0.522. The number of aromatic hydroxyl groups is 2. The van der Waals surface area contributed by atoms with E-state index in [1.807, 2.05) is 30.3 Å². The van der Waals surface area contributed by atoms with Crippen LogP contribution in [0.4, 0.5) is 4.79 Å². The Kier molecular flexibility index (Phi) is 53.3. The summed E-state index contributed by atoms with van der Waals surface area (Å²) in [5.41, 5.74) is 58.0. The maximum absolute atomic E-state index is 15.4. The molecule has 0 unspecified atom stereocenters. The smallest absolute Gasteiger partial charge is 0.312 e. The first-order valence-corrected chi connectivity index (χ1v) is 48.5. The van der Waals surface area contributed by atoms with Gasteiger partial charge in [0, 0.05) is 76.6 Å². The van der Waals surface area contributed by atoms with Gasteiger partial charge in [-0.05, 0) is 193 Å². The van der Waals surface area contributed by atoms with Crippen LogP contribution in [0, 0.1) is 27.0 Å². The number of carbonyl (C=O) groups is 15. The average molecular weight is 2040 g/mol. The van der Waals surface area contributed by atoms with Gasteiger partial charge in [-0.1, -0.05) is 66.7 Å². The summed E-state index contributed by atoms with van der Waals surface area (Å²) in [5.74, 6) is -15.7. The van der Waals surface area contributed by atoms with Crippen molar-refractivity contribution in [1.29, 1.82) is 27.0 Å².